The highest BCUT2D eigenvalue weighted by molar-refractivity contribution is 6.01. The van der Waals surface area contributed by atoms with Crippen LogP contribution < -0.4 is 20.5 Å². The number of nitrogens with two attached hydrogens (primary N) is 1. The molecule has 1 fully saturated rings. The summed E-state index contributed by atoms with van der Waals surface area (Å²) in [4.78, 5) is 24.4. The van der Waals surface area contributed by atoms with Gasteiger partial charge in [0.15, 0.2) is 11.5 Å². The van der Waals surface area contributed by atoms with E-state index in [0.717, 1.165) is 46.5 Å². The summed E-state index contributed by atoms with van der Waals surface area (Å²) in [6.07, 6.45) is 1.61. The molecule has 6 heteroatoms. The van der Waals surface area contributed by atoms with E-state index in [1.807, 2.05) is 55.5 Å². The van der Waals surface area contributed by atoms with Gasteiger partial charge in [-0.25, -0.2) is 0 Å². The van der Waals surface area contributed by atoms with E-state index in [4.69, 9.17) is 15.2 Å². The first kappa shape index (κ1) is 19.2. The highest BCUT2D eigenvalue weighted by Gasteiger charge is 2.51. The molecule has 5 rings (SSSR count). The largest absolute Gasteiger partial charge is 0.454 e. The smallest absolute Gasteiger partial charge is 0.248 e. The number of carbonyl (C=O) groups excluding carboxylic acids is 2. The fourth-order valence-corrected chi connectivity index (χ4v) is 4.10. The van der Waals surface area contributed by atoms with Gasteiger partial charge in [0.05, 0.1) is 5.41 Å². The van der Waals surface area contributed by atoms with Crippen molar-refractivity contribution < 1.29 is 20.5 Å². The Bertz CT molecular complexity index is 1200. The number of ether oxygens (including phenoxy) is 2. The summed E-state index contributed by atoms with van der Waals surface area (Å²) in [5.74, 6) is 0.955. The van der Waals surface area contributed by atoms with Crippen LogP contribution in [0.2, 0.25) is 0 Å². The zero-order valence-corrected chi connectivity index (χ0v) is 17.1. The average molecular weight is 416 g/mol. The van der Waals surface area contributed by atoms with E-state index in [0.29, 0.717) is 11.3 Å². The van der Waals surface area contributed by atoms with Crippen molar-refractivity contribution in [3.8, 4) is 22.6 Å². The highest BCUT2D eigenvalue weighted by atomic mass is 16.7. The van der Waals surface area contributed by atoms with Crippen LogP contribution in [0.15, 0.2) is 60.7 Å². The third-order valence-corrected chi connectivity index (χ3v) is 6.07. The predicted octanol–water partition coefficient (Wildman–Crippen LogP) is 4.41. The zero-order chi connectivity index (χ0) is 21.6. The number of benzene rings is 3. The van der Waals surface area contributed by atoms with Crippen molar-refractivity contribution in [2.75, 3.05) is 12.1 Å². The summed E-state index contributed by atoms with van der Waals surface area (Å²) < 4.78 is 10.8. The quantitative estimate of drug-likeness (QED) is 0.645. The van der Waals surface area contributed by atoms with Crippen LogP contribution in [0.25, 0.3) is 11.1 Å². The van der Waals surface area contributed by atoms with Gasteiger partial charge in [0.1, 0.15) is 0 Å². The lowest BCUT2D eigenvalue weighted by atomic mass is 9.94. The zero-order valence-electron chi connectivity index (χ0n) is 17.1. The minimum absolute atomic E-state index is 0. The van der Waals surface area contributed by atoms with E-state index in [1.165, 1.54) is 0 Å². The molecule has 0 aromatic heterocycles. The standard InChI is InChI=1S/C25H22N2O4.H2/c1-15-12-19(7-8-20(15)16-2-4-17(5-3-16)23(26)28)27-24(29)25(10-11-25)18-6-9-21-22(13-18)31-14-30-21;/h2-9,12-13H,10-11,14H2,1H3,(H2,26,28)(H,27,29);1H. The van der Waals surface area contributed by atoms with Crippen LogP contribution in [0.3, 0.4) is 0 Å². The molecule has 2 amide bonds. The van der Waals surface area contributed by atoms with Crippen LogP contribution in [0.1, 0.15) is 35.8 Å². The number of aryl methyl sites for hydroxylation is 1. The number of amides is 2. The Hall–Kier alpha value is -3.80. The molecule has 0 atom stereocenters. The number of hydrogen-bond donors (Lipinski definition) is 2. The van der Waals surface area contributed by atoms with E-state index in [9.17, 15) is 9.59 Å². The maximum atomic E-state index is 13.1. The molecule has 0 spiro atoms. The van der Waals surface area contributed by atoms with Crippen molar-refractivity contribution >= 4 is 17.5 Å². The lowest BCUT2D eigenvalue weighted by molar-refractivity contribution is -0.118. The molecule has 1 aliphatic carbocycles. The van der Waals surface area contributed by atoms with Gasteiger partial charge in [-0.1, -0.05) is 24.3 Å². The first-order chi connectivity index (χ1) is 15.0. The van der Waals surface area contributed by atoms with Gasteiger partial charge in [0.2, 0.25) is 18.6 Å². The average Bonchev–Trinajstić information content (AvgIpc) is 3.45. The van der Waals surface area contributed by atoms with Crippen molar-refractivity contribution in [3.05, 3.63) is 77.4 Å². The summed E-state index contributed by atoms with van der Waals surface area (Å²) in [6.45, 7) is 2.21. The van der Waals surface area contributed by atoms with Gasteiger partial charge in [-0.15, -0.1) is 0 Å². The van der Waals surface area contributed by atoms with Gasteiger partial charge < -0.3 is 20.5 Å². The maximum Gasteiger partial charge on any atom is 0.248 e. The maximum absolute atomic E-state index is 13.1. The van der Waals surface area contributed by atoms with Gasteiger partial charge in [-0.05, 0) is 78.4 Å². The molecule has 0 radical (unpaired) electrons. The SMILES string of the molecule is Cc1cc(NC(=O)C2(c3ccc4c(c3)OCO4)CC2)ccc1-c1ccc(C(N)=O)cc1.[HH]. The van der Waals surface area contributed by atoms with Gasteiger partial charge in [-0.3, -0.25) is 9.59 Å². The lowest BCUT2D eigenvalue weighted by Crippen LogP contribution is -2.27. The Morgan fingerprint density at radius 3 is 2.39 bits per heavy atom. The molecular weight excluding hydrogens is 392 g/mol. The number of nitrogens with one attached hydrogen (secondary N) is 1. The Kier molecular flexibility index (Phi) is 4.43. The van der Waals surface area contributed by atoms with Crippen LogP contribution in [0.5, 0.6) is 11.5 Å². The van der Waals surface area contributed by atoms with Crippen molar-refractivity contribution in [1.82, 2.24) is 0 Å². The van der Waals surface area contributed by atoms with E-state index in [2.05, 4.69) is 5.32 Å². The molecule has 158 valence electrons. The van der Waals surface area contributed by atoms with Crippen molar-refractivity contribution in [2.45, 2.75) is 25.2 Å². The fraction of sp³-hybridized carbons (Fsp3) is 0.200. The van der Waals surface area contributed by atoms with Crippen molar-refractivity contribution in [1.29, 1.82) is 0 Å². The lowest BCUT2D eigenvalue weighted by Gasteiger charge is -2.17. The highest BCUT2D eigenvalue weighted by Crippen LogP contribution is 2.51. The van der Waals surface area contributed by atoms with Crippen molar-refractivity contribution in [3.63, 3.8) is 0 Å². The van der Waals surface area contributed by atoms with Crippen LogP contribution in [-0.2, 0) is 10.2 Å². The first-order valence-electron chi connectivity index (χ1n) is 10.2. The Balaban J connectivity index is 0.00000245. The Morgan fingerprint density at radius 1 is 0.968 bits per heavy atom. The van der Waals surface area contributed by atoms with Gasteiger partial charge >= 0.3 is 0 Å². The van der Waals surface area contributed by atoms with E-state index in [-0.39, 0.29) is 14.1 Å². The van der Waals surface area contributed by atoms with Crippen LogP contribution in [0.4, 0.5) is 5.69 Å². The molecule has 6 nitrogen and oxygen atoms in total. The summed E-state index contributed by atoms with van der Waals surface area (Å²) in [7, 11) is 0. The van der Waals surface area contributed by atoms with E-state index >= 15 is 0 Å². The summed E-state index contributed by atoms with van der Waals surface area (Å²) >= 11 is 0. The molecule has 31 heavy (non-hydrogen) atoms. The monoisotopic (exact) mass is 416 g/mol. The summed E-state index contributed by atoms with van der Waals surface area (Å²) in [5.41, 5.74) is 10.0. The van der Waals surface area contributed by atoms with Crippen LogP contribution >= 0.6 is 0 Å². The predicted molar refractivity (Wildman–Crippen MR) is 119 cm³/mol. The molecule has 1 aliphatic heterocycles. The van der Waals surface area contributed by atoms with Crippen molar-refractivity contribution in [2.24, 2.45) is 5.73 Å². The van der Waals surface area contributed by atoms with E-state index in [1.54, 1.807) is 12.1 Å². The van der Waals surface area contributed by atoms with E-state index < -0.39 is 11.3 Å². The number of primary amides is 1. The molecule has 1 saturated carbocycles. The Labute approximate surface area is 181 Å². The molecule has 3 aromatic rings. The third kappa shape index (κ3) is 3.40. The minimum Gasteiger partial charge on any atom is -0.454 e. The normalized spacial score (nSPS) is 15.4. The molecule has 3 aromatic carbocycles. The number of carbonyl (C=O) groups is 2. The second-order valence-corrected chi connectivity index (χ2v) is 8.08. The van der Waals surface area contributed by atoms with Gasteiger partial charge in [0, 0.05) is 12.7 Å². The van der Waals surface area contributed by atoms with Gasteiger partial charge in [-0.2, -0.15) is 0 Å². The topological polar surface area (TPSA) is 90.7 Å². The molecule has 2 aliphatic rings. The number of fused-ring (bicyclic) bond motifs is 1. The second kappa shape index (κ2) is 7.16. The molecule has 0 unspecified atom stereocenters. The molecule has 0 saturated heterocycles. The summed E-state index contributed by atoms with van der Waals surface area (Å²) in [6, 6.07) is 18.8. The minimum atomic E-state index is -0.516. The number of anilines is 1. The van der Waals surface area contributed by atoms with Gasteiger partial charge in [0.25, 0.3) is 0 Å². The Morgan fingerprint density at radius 2 is 1.71 bits per heavy atom. The van der Waals surface area contributed by atoms with Crippen LogP contribution in [0, 0.1) is 6.92 Å². The second-order valence-electron chi connectivity index (χ2n) is 8.08. The third-order valence-electron chi connectivity index (χ3n) is 6.07. The number of rotatable bonds is 5. The number of hydrogen-bond acceptors (Lipinski definition) is 4. The molecule has 3 N–H and O–H groups in total. The summed E-state index contributed by atoms with van der Waals surface area (Å²) in [5, 5.41) is 3.08. The molecule has 0 bridgehead atoms. The fourth-order valence-electron chi connectivity index (χ4n) is 4.10. The molecular formula is C25H24N2O4. The van der Waals surface area contributed by atoms with Crippen LogP contribution in [-0.4, -0.2) is 18.6 Å². The molecule has 1 heterocycles. The first-order valence-corrected chi connectivity index (χ1v) is 10.2.